The number of rotatable bonds is 3. The second-order valence-corrected chi connectivity index (χ2v) is 5.73. The number of nitrogens with one attached hydrogen (secondary N) is 1. The molecule has 1 aromatic heterocycles. The third-order valence-corrected chi connectivity index (χ3v) is 4.06. The van der Waals surface area contributed by atoms with E-state index in [1.807, 2.05) is 0 Å². The molecule has 0 atom stereocenters. The van der Waals surface area contributed by atoms with Crippen LogP contribution in [-0.4, -0.2) is 5.91 Å². The number of amides is 1. The van der Waals surface area contributed by atoms with E-state index in [0.29, 0.717) is 21.0 Å². The number of hydrogen-bond acceptors (Lipinski definition) is 3. The van der Waals surface area contributed by atoms with Crippen LogP contribution in [0, 0.1) is 0 Å². The first-order valence-electron chi connectivity index (χ1n) is 6.79. The van der Waals surface area contributed by atoms with Gasteiger partial charge in [0.2, 0.25) is 0 Å². The van der Waals surface area contributed by atoms with E-state index in [9.17, 15) is 9.59 Å². The van der Waals surface area contributed by atoms with Gasteiger partial charge in [-0.2, -0.15) is 0 Å². The minimum Gasteiger partial charge on any atom is -0.422 e. The highest BCUT2D eigenvalue weighted by atomic mass is 35.5. The van der Waals surface area contributed by atoms with Crippen molar-refractivity contribution < 1.29 is 9.21 Å². The van der Waals surface area contributed by atoms with E-state index in [2.05, 4.69) is 5.32 Å². The average molecular weight is 348 g/mol. The van der Waals surface area contributed by atoms with Gasteiger partial charge in [-0.05, 0) is 29.8 Å². The second-order valence-electron chi connectivity index (χ2n) is 4.92. The smallest absolute Gasteiger partial charge is 0.349 e. The number of benzene rings is 2. The van der Waals surface area contributed by atoms with Crippen LogP contribution < -0.4 is 10.9 Å². The number of carbonyl (C=O) groups is 1. The molecule has 0 aliphatic rings. The zero-order valence-corrected chi connectivity index (χ0v) is 13.3. The van der Waals surface area contributed by atoms with E-state index < -0.39 is 11.5 Å². The molecule has 0 fully saturated rings. The van der Waals surface area contributed by atoms with Crippen molar-refractivity contribution in [1.82, 2.24) is 5.32 Å². The van der Waals surface area contributed by atoms with Gasteiger partial charge in [0.25, 0.3) is 5.91 Å². The van der Waals surface area contributed by atoms with Crippen molar-refractivity contribution in [2.75, 3.05) is 0 Å². The summed E-state index contributed by atoms with van der Waals surface area (Å²) in [5.41, 5.74) is 0.510. The summed E-state index contributed by atoms with van der Waals surface area (Å²) >= 11 is 11.8. The third-order valence-electron chi connectivity index (χ3n) is 3.32. The van der Waals surface area contributed by atoms with Crippen molar-refractivity contribution in [2.24, 2.45) is 0 Å². The Morgan fingerprint density at radius 2 is 1.83 bits per heavy atom. The zero-order valence-electron chi connectivity index (χ0n) is 11.8. The molecule has 0 radical (unpaired) electrons. The number of hydrogen-bond donors (Lipinski definition) is 1. The predicted molar refractivity (Wildman–Crippen MR) is 90.1 cm³/mol. The summed E-state index contributed by atoms with van der Waals surface area (Å²) in [7, 11) is 0. The van der Waals surface area contributed by atoms with E-state index in [0.717, 1.165) is 5.56 Å². The first-order chi connectivity index (χ1) is 11.0. The van der Waals surface area contributed by atoms with Gasteiger partial charge >= 0.3 is 5.63 Å². The number of para-hydroxylation sites is 1. The van der Waals surface area contributed by atoms with Crippen LogP contribution in [0.25, 0.3) is 11.0 Å². The van der Waals surface area contributed by atoms with Crippen molar-refractivity contribution in [1.29, 1.82) is 0 Å². The number of fused-ring (bicyclic) bond motifs is 1. The maximum Gasteiger partial charge on any atom is 0.349 e. The minimum atomic E-state index is -0.671. The molecule has 116 valence electrons. The monoisotopic (exact) mass is 347 g/mol. The molecular weight excluding hydrogens is 337 g/mol. The molecule has 4 nitrogen and oxygen atoms in total. The lowest BCUT2D eigenvalue weighted by molar-refractivity contribution is 0.0947. The Labute approximate surface area is 141 Å². The van der Waals surface area contributed by atoms with E-state index in [4.69, 9.17) is 27.6 Å². The Morgan fingerprint density at radius 3 is 2.61 bits per heavy atom. The van der Waals surface area contributed by atoms with Gasteiger partial charge in [0.15, 0.2) is 0 Å². The topological polar surface area (TPSA) is 59.3 Å². The maximum absolute atomic E-state index is 12.2. The average Bonchev–Trinajstić information content (AvgIpc) is 2.55. The molecular formula is C17H11Cl2NO3. The first-order valence-corrected chi connectivity index (χ1v) is 7.55. The van der Waals surface area contributed by atoms with Gasteiger partial charge < -0.3 is 9.73 Å². The lowest BCUT2D eigenvalue weighted by atomic mass is 10.1. The third kappa shape index (κ3) is 3.38. The summed E-state index contributed by atoms with van der Waals surface area (Å²) in [5, 5.41) is 4.20. The molecule has 1 N–H and O–H groups in total. The Kier molecular flexibility index (Phi) is 4.37. The summed E-state index contributed by atoms with van der Waals surface area (Å²) in [5.74, 6) is -0.504. The summed E-state index contributed by atoms with van der Waals surface area (Å²) in [6.07, 6.45) is 0. The van der Waals surface area contributed by atoms with Crippen molar-refractivity contribution in [2.45, 2.75) is 6.54 Å². The minimum absolute atomic E-state index is 0.0382. The maximum atomic E-state index is 12.2. The van der Waals surface area contributed by atoms with Gasteiger partial charge in [0.05, 0.1) is 10.0 Å². The summed E-state index contributed by atoms with van der Waals surface area (Å²) in [6.45, 7) is 0.224. The highest BCUT2D eigenvalue weighted by molar-refractivity contribution is 6.42. The molecule has 1 amide bonds. The van der Waals surface area contributed by atoms with Gasteiger partial charge in [-0.1, -0.05) is 47.5 Å². The fourth-order valence-corrected chi connectivity index (χ4v) is 2.47. The van der Waals surface area contributed by atoms with Crippen molar-refractivity contribution in [3.63, 3.8) is 0 Å². The number of carbonyl (C=O) groups excluding carboxylic acids is 1. The van der Waals surface area contributed by atoms with Gasteiger partial charge in [0, 0.05) is 11.9 Å². The molecule has 0 saturated heterocycles. The normalized spacial score (nSPS) is 10.7. The highest BCUT2D eigenvalue weighted by Crippen LogP contribution is 2.22. The molecule has 0 bridgehead atoms. The molecule has 6 heteroatoms. The van der Waals surface area contributed by atoms with Crippen molar-refractivity contribution in [3.05, 3.63) is 80.1 Å². The first kappa shape index (κ1) is 15.6. The Morgan fingerprint density at radius 1 is 1.04 bits per heavy atom. The zero-order chi connectivity index (χ0) is 16.4. The van der Waals surface area contributed by atoms with Gasteiger partial charge in [-0.15, -0.1) is 0 Å². The van der Waals surface area contributed by atoms with Crippen LogP contribution in [0.3, 0.4) is 0 Å². The lowest BCUT2D eigenvalue weighted by Gasteiger charge is -2.06. The standard InChI is InChI=1S/C17H11Cl2NO3/c18-13-6-5-10(7-14(13)19)9-20-16(21)12-8-11-3-1-2-4-15(11)23-17(12)22/h1-8H,9H2,(H,20,21). The summed E-state index contributed by atoms with van der Waals surface area (Å²) < 4.78 is 5.15. The van der Waals surface area contributed by atoms with Crippen LogP contribution in [0.1, 0.15) is 15.9 Å². The summed E-state index contributed by atoms with van der Waals surface area (Å²) in [4.78, 5) is 24.1. The molecule has 1 heterocycles. The Balaban J connectivity index is 1.81. The second kappa shape index (κ2) is 6.44. The number of halogens is 2. The van der Waals surface area contributed by atoms with Gasteiger partial charge in [-0.25, -0.2) is 4.79 Å². The molecule has 0 unspecified atom stereocenters. The highest BCUT2D eigenvalue weighted by Gasteiger charge is 2.13. The predicted octanol–water partition coefficient (Wildman–Crippen LogP) is 4.03. The van der Waals surface area contributed by atoms with Crippen LogP contribution in [0.2, 0.25) is 10.0 Å². The van der Waals surface area contributed by atoms with E-state index in [1.54, 1.807) is 42.5 Å². The molecule has 3 aromatic rings. The molecule has 3 rings (SSSR count). The van der Waals surface area contributed by atoms with E-state index in [-0.39, 0.29) is 12.1 Å². The molecule has 0 spiro atoms. The largest absolute Gasteiger partial charge is 0.422 e. The molecule has 0 saturated carbocycles. The quantitative estimate of drug-likeness (QED) is 0.727. The Bertz CT molecular complexity index is 950. The fraction of sp³-hybridized carbons (Fsp3) is 0.0588. The van der Waals surface area contributed by atoms with E-state index in [1.165, 1.54) is 6.07 Å². The van der Waals surface area contributed by atoms with Crippen LogP contribution in [0.15, 0.2) is 57.7 Å². The lowest BCUT2D eigenvalue weighted by Crippen LogP contribution is -2.27. The molecule has 23 heavy (non-hydrogen) atoms. The van der Waals surface area contributed by atoms with Crippen molar-refractivity contribution in [3.8, 4) is 0 Å². The van der Waals surface area contributed by atoms with Gasteiger partial charge in [-0.3, -0.25) is 4.79 Å². The molecule has 0 aliphatic heterocycles. The van der Waals surface area contributed by atoms with Gasteiger partial charge in [0.1, 0.15) is 11.1 Å². The fourth-order valence-electron chi connectivity index (χ4n) is 2.15. The van der Waals surface area contributed by atoms with Crippen LogP contribution in [0.4, 0.5) is 0 Å². The molecule has 2 aromatic carbocycles. The van der Waals surface area contributed by atoms with Crippen molar-refractivity contribution >= 4 is 40.1 Å². The Hall–Kier alpha value is -2.30. The van der Waals surface area contributed by atoms with Crippen LogP contribution in [0.5, 0.6) is 0 Å². The van der Waals surface area contributed by atoms with Crippen LogP contribution in [-0.2, 0) is 6.54 Å². The molecule has 0 aliphatic carbocycles. The van der Waals surface area contributed by atoms with E-state index >= 15 is 0 Å². The summed E-state index contributed by atoms with van der Waals surface area (Å²) in [6, 6.07) is 13.6. The SMILES string of the molecule is O=C(NCc1ccc(Cl)c(Cl)c1)c1cc2ccccc2oc1=O. The van der Waals surface area contributed by atoms with Crippen LogP contribution >= 0.6 is 23.2 Å².